The molecule has 1 heterocycles. The summed E-state index contributed by atoms with van der Waals surface area (Å²) in [7, 11) is 5.65. The van der Waals surface area contributed by atoms with Crippen LogP contribution in [0.15, 0.2) is 0 Å². The molecule has 0 aromatic carbocycles. The number of nitrogens with zero attached hydrogens (tertiary/aromatic N) is 1. The predicted octanol–water partition coefficient (Wildman–Crippen LogP) is 1.11. The van der Waals surface area contributed by atoms with Crippen LogP contribution in [0.3, 0.4) is 0 Å². The van der Waals surface area contributed by atoms with E-state index >= 15 is 0 Å². The Balaban J connectivity index is 1.92. The van der Waals surface area contributed by atoms with E-state index in [4.69, 9.17) is 9.47 Å². The fourth-order valence-corrected chi connectivity index (χ4v) is 3.77. The number of rotatable bonds is 6. The summed E-state index contributed by atoms with van der Waals surface area (Å²) in [5.74, 6) is 0. The summed E-state index contributed by atoms with van der Waals surface area (Å²) in [5, 5.41) is 3.39. The minimum atomic E-state index is 0.239. The van der Waals surface area contributed by atoms with Crippen molar-refractivity contribution in [3.63, 3.8) is 0 Å². The fourth-order valence-electron chi connectivity index (χ4n) is 3.77. The normalized spacial score (nSPS) is 32.2. The molecular weight excluding hydrogens is 228 g/mol. The lowest BCUT2D eigenvalue weighted by Crippen LogP contribution is -2.41. The summed E-state index contributed by atoms with van der Waals surface area (Å²) < 4.78 is 11.0. The predicted molar refractivity (Wildman–Crippen MR) is 72.9 cm³/mol. The van der Waals surface area contributed by atoms with Gasteiger partial charge < -0.3 is 14.8 Å². The van der Waals surface area contributed by atoms with Crippen molar-refractivity contribution in [1.82, 2.24) is 10.2 Å². The van der Waals surface area contributed by atoms with Gasteiger partial charge in [0.05, 0.1) is 12.2 Å². The molecule has 106 valence electrons. The maximum Gasteiger partial charge on any atom is 0.0971 e. The quantitative estimate of drug-likeness (QED) is 0.772. The number of nitrogens with one attached hydrogen (secondary N) is 1. The maximum atomic E-state index is 5.52. The molecule has 18 heavy (non-hydrogen) atoms. The van der Waals surface area contributed by atoms with Gasteiger partial charge >= 0.3 is 0 Å². The largest absolute Gasteiger partial charge is 0.377 e. The molecule has 1 saturated carbocycles. The van der Waals surface area contributed by atoms with Crippen molar-refractivity contribution in [2.75, 3.05) is 47.4 Å². The Kier molecular flexibility index (Phi) is 5.01. The lowest BCUT2D eigenvalue weighted by atomic mass is 9.85. The zero-order chi connectivity index (χ0) is 13.0. The summed E-state index contributed by atoms with van der Waals surface area (Å²) in [6, 6.07) is 0. The maximum absolute atomic E-state index is 5.52. The van der Waals surface area contributed by atoms with Crippen LogP contribution in [0.2, 0.25) is 0 Å². The summed E-state index contributed by atoms with van der Waals surface area (Å²) in [4.78, 5) is 2.53. The van der Waals surface area contributed by atoms with Crippen LogP contribution in [0.25, 0.3) is 0 Å². The first-order valence-electron chi connectivity index (χ1n) is 7.15. The van der Waals surface area contributed by atoms with Crippen LogP contribution in [-0.2, 0) is 9.47 Å². The number of likely N-dealkylation sites (tertiary alicyclic amines) is 1. The molecule has 0 bridgehead atoms. The van der Waals surface area contributed by atoms with Crippen molar-refractivity contribution in [2.24, 2.45) is 5.41 Å². The van der Waals surface area contributed by atoms with Crippen LogP contribution in [0.1, 0.15) is 25.7 Å². The van der Waals surface area contributed by atoms with E-state index in [0.717, 1.165) is 19.6 Å². The fraction of sp³-hybridized carbons (Fsp3) is 1.00. The summed E-state index contributed by atoms with van der Waals surface area (Å²) >= 11 is 0. The first-order chi connectivity index (χ1) is 8.73. The highest BCUT2D eigenvalue weighted by Crippen LogP contribution is 2.39. The van der Waals surface area contributed by atoms with Gasteiger partial charge in [-0.1, -0.05) is 12.8 Å². The van der Waals surface area contributed by atoms with E-state index in [-0.39, 0.29) is 12.2 Å². The second-order valence-electron chi connectivity index (χ2n) is 5.98. The lowest BCUT2D eigenvalue weighted by Gasteiger charge is -2.33. The van der Waals surface area contributed by atoms with Crippen molar-refractivity contribution in [2.45, 2.75) is 37.9 Å². The molecule has 4 heteroatoms. The Hall–Kier alpha value is -0.160. The molecule has 0 radical (unpaired) electrons. The van der Waals surface area contributed by atoms with Crippen molar-refractivity contribution in [3.8, 4) is 0 Å². The number of hydrogen-bond acceptors (Lipinski definition) is 4. The molecule has 4 nitrogen and oxygen atoms in total. The number of ether oxygens (including phenoxy) is 2. The van der Waals surface area contributed by atoms with E-state index in [1.807, 2.05) is 0 Å². The van der Waals surface area contributed by atoms with Crippen LogP contribution in [0, 0.1) is 5.41 Å². The van der Waals surface area contributed by atoms with Gasteiger partial charge in [-0.25, -0.2) is 0 Å². The van der Waals surface area contributed by atoms with Gasteiger partial charge in [0.15, 0.2) is 0 Å². The average molecular weight is 256 g/mol. The van der Waals surface area contributed by atoms with E-state index < -0.39 is 0 Å². The highest BCUT2D eigenvalue weighted by Gasteiger charge is 2.40. The summed E-state index contributed by atoms with van der Waals surface area (Å²) in [6.45, 7) is 4.35. The molecule has 0 spiro atoms. The Morgan fingerprint density at radius 3 is 2.11 bits per heavy atom. The third-order valence-corrected chi connectivity index (χ3v) is 4.67. The molecule has 0 amide bonds. The highest BCUT2D eigenvalue weighted by molar-refractivity contribution is 4.93. The summed E-state index contributed by atoms with van der Waals surface area (Å²) in [5.41, 5.74) is 0.482. The van der Waals surface area contributed by atoms with Crippen LogP contribution in [0.4, 0.5) is 0 Å². The number of hydrogen-bond donors (Lipinski definition) is 1. The lowest BCUT2D eigenvalue weighted by molar-refractivity contribution is -0.00461. The SMILES string of the molecule is CNCC1(CN2CC(OC)C(OC)C2)CCCC1. The summed E-state index contributed by atoms with van der Waals surface area (Å²) in [6.07, 6.45) is 5.97. The minimum absolute atomic E-state index is 0.239. The minimum Gasteiger partial charge on any atom is -0.377 e. The molecule has 0 aromatic rings. The van der Waals surface area contributed by atoms with Crippen molar-refractivity contribution >= 4 is 0 Å². The van der Waals surface area contributed by atoms with E-state index in [2.05, 4.69) is 17.3 Å². The van der Waals surface area contributed by atoms with Crippen molar-refractivity contribution < 1.29 is 9.47 Å². The monoisotopic (exact) mass is 256 g/mol. The topological polar surface area (TPSA) is 33.7 Å². The van der Waals surface area contributed by atoms with Gasteiger partial charge in [0.2, 0.25) is 0 Å². The van der Waals surface area contributed by atoms with Crippen LogP contribution in [0.5, 0.6) is 0 Å². The second kappa shape index (κ2) is 6.33. The Morgan fingerprint density at radius 2 is 1.67 bits per heavy atom. The van der Waals surface area contributed by atoms with Gasteiger partial charge in [-0.3, -0.25) is 4.90 Å². The molecule has 1 aliphatic carbocycles. The molecule has 0 aromatic heterocycles. The highest BCUT2D eigenvalue weighted by atomic mass is 16.5. The zero-order valence-corrected chi connectivity index (χ0v) is 12.1. The van der Waals surface area contributed by atoms with Gasteiger partial charge in [-0.05, 0) is 25.3 Å². The third-order valence-electron chi connectivity index (χ3n) is 4.67. The molecule has 1 N–H and O–H groups in total. The van der Waals surface area contributed by atoms with E-state index in [0.29, 0.717) is 5.41 Å². The first kappa shape index (κ1) is 14.3. The molecule has 2 atom stereocenters. The molecule has 1 aliphatic heterocycles. The molecule has 1 saturated heterocycles. The Morgan fingerprint density at radius 1 is 1.11 bits per heavy atom. The van der Waals surface area contributed by atoms with E-state index in [1.54, 1.807) is 14.2 Å². The van der Waals surface area contributed by atoms with Gasteiger partial charge in [0.1, 0.15) is 0 Å². The van der Waals surface area contributed by atoms with Gasteiger partial charge in [0, 0.05) is 40.4 Å². The van der Waals surface area contributed by atoms with Gasteiger partial charge in [-0.15, -0.1) is 0 Å². The smallest absolute Gasteiger partial charge is 0.0971 e. The van der Waals surface area contributed by atoms with Crippen LogP contribution < -0.4 is 5.32 Å². The van der Waals surface area contributed by atoms with E-state index in [1.165, 1.54) is 32.2 Å². The number of methoxy groups -OCH3 is 2. The van der Waals surface area contributed by atoms with Crippen LogP contribution in [-0.4, -0.2) is 64.6 Å². The standard InChI is InChI=1S/C14H28N2O2/c1-15-10-14(6-4-5-7-14)11-16-8-12(17-2)13(9-16)18-3/h12-13,15H,4-11H2,1-3H3. The van der Waals surface area contributed by atoms with Crippen LogP contribution >= 0.6 is 0 Å². The van der Waals surface area contributed by atoms with Crippen molar-refractivity contribution in [3.05, 3.63) is 0 Å². The second-order valence-corrected chi connectivity index (χ2v) is 5.98. The average Bonchev–Trinajstić information content (AvgIpc) is 2.97. The van der Waals surface area contributed by atoms with Gasteiger partial charge in [0.25, 0.3) is 0 Å². The zero-order valence-electron chi connectivity index (χ0n) is 12.1. The van der Waals surface area contributed by atoms with E-state index in [9.17, 15) is 0 Å². The Bertz CT molecular complexity index is 242. The Labute approximate surface area is 111 Å². The molecule has 2 rings (SSSR count). The molecule has 2 aliphatic rings. The van der Waals surface area contributed by atoms with Gasteiger partial charge in [-0.2, -0.15) is 0 Å². The first-order valence-corrected chi connectivity index (χ1v) is 7.15. The molecule has 2 fully saturated rings. The molecule has 2 unspecified atom stereocenters. The van der Waals surface area contributed by atoms with Crippen molar-refractivity contribution in [1.29, 1.82) is 0 Å². The third kappa shape index (κ3) is 3.05. The molecular formula is C14H28N2O2.